The first-order valence-electron chi connectivity index (χ1n) is 12.5. The maximum atomic E-state index is 12.8. The second-order valence-electron chi connectivity index (χ2n) is 9.30. The van der Waals surface area contributed by atoms with E-state index in [1.54, 1.807) is 24.3 Å². The third kappa shape index (κ3) is 5.24. The van der Waals surface area contributed by atoms with Crippen LogP contribution in [0.5, 0.6) is 0 Å². The molecule has 0 unspecified atom stereocenters. The molecule has 0 saturated carbocycles. The van der Waals surface area contributed by atoms with Crippen LogP contribution in [0.1, 0.15) is 22.3 Å². The van der Waals surface area contributed by atoms with Crippen LogP contribution in [0.2, 0.25) is 0 Å². The maximum Gasteiger partial charge on any atom is 0.297 e. The molecule has 4 aromatic rings. The molecule has 37 heavy (non-hydrogen) atoms. The van der Waals surface area contributed by atoms with Crippen molar-refractivity contribution in [1.29, 1.82) is 0 Å². The molecule has 1 atom stereocenters. The molecule has 0 N–H and O–H groups in total. The zero-order valence-electron chi connectivity index (χ0n) is 20.9. The molecule has 6 heteroatoms. The van der Waals surface area contributed by atoms with Gasteiger partial charge in [0.25, 0.3) is 10.1 Å². The van der Waals surface area contributed by atoms with Crippen LogP contribution >= 0.6 is 0 Å². The molecule has 1 fully saturated rings. The third-order valence-electron chi connectivity index (χ3n) is 6.91. The zero-order chi connectivity index (χ0) is 25.7. The number of aryl methyl sites for hydroxylation is 1. The molecule has 0 amide bonds. The highest BCUT2D eigenvalue weighted by atomic mass is 32.2. The molecule has 4 aromatic carbocycles. The van der Waals surface area contributed by atoms with Crippen molar-refractivity contribution in [3.63, 3.8) is 0 Å². The molecule has 0 radical (unpaired) electrons. The monoisotopic (exact) mass is 513 g/mol. The fourth-order valence-electron chi connectivity index (χ4n) is 5.15. The van der Waals surface area contributed by atoms with Gasteiger partial charge in [-0.1, -0.05) is 109 Å². The van der Waals surface area contributed by atoms with Gasteiger partial charge in [0.2, 0.25) is 0 Å². The Balaban J connectivity index is 1.50. The summed E-state index contributed by atoms with van der Waals surface area (Å²) < 4.78 is 37.2. The molecular formula is C31H31NO4S. The van der Waals surface area contributed by atoms with Crippen LogP contribution in [-0.2, 0) is 24.6 Å². The Morgan fingerprint density at radius 2 is 1.27 bits per heavy atom. The standard InChI is InChI=1S/C31H31NO4S/c1-25-17-19-30(20-18-25)37(33,34)36-24-29-23-32(21-22-35-29)31(26-11-5-2-6-12-26,27-13-7-3-8-14-27)28-15-9-4-10-16-28/h2-20,29H,21-24H2,1H3/t29-/m0/s1. The molecule has 0 aromatic heterocycles. The molecule has 5 nitrogen and oxygen atoms in total. The van der Waals surface area contributed by atoms with E-state index in [0.717, 1.165) is 22.3 Å². The Morgan fingerprint density at radius 3 is 1.76 bits per heavy atom. The molecule has 1 heterocycles. The number of nitrogens with zero attached hydrogens (tertiary/aromatic N) is 1. The smallest absolute Gasteiger partial charge is 0.297 e. The van der Waals surface area contributed by atoms with Crippen molar-refractivity contribution in [2.45, 2.75) is 23.5 Å². The summed E-state index contributed by atoms with van der Waals surface area (Å²) in [6.07, 6.45) is -0.413. The molecule has 1 saturated heterocycles. The summed E-state index contributed by atoms with van der Waals surface area (Å²) in [6, 6.07) is 38.0. The van der Waals surface area contributed by atoms with Crippen molar-refractivity contribution < 1.29 is 17.3 Å². The molecule has 0 aliphatic carbocycles. The second-order valence-corrected chi connectivity index (χ2v) is 10.9. The number of hydrogen-bond donors (Lipinski definition) is 0. The Bertz CT molecular complexity index is 1300. The number of ether oxygens (including phenoxy) is 1. The highest BCUT2D eigenvalue weighted by Gasteiger charge is 2.44. The largest absolute Gasteiger partial charge is 0.373 e. The van der Waals surface area contributed by atoms with E-state index in [0.29, 0.717) is 19.7 Å². The van der Waals surface area contributed by atoms with Gasteiger partial charge in [0.05, 0.1) is 29.8 Å². The summed E-state index contributed by atoms with van der Waals surface area (Å²) in [5, 5.41) is 0. The zero-order valence-corrected chi connectivity index (χ0v) is 21.7. The number of benzene rings is 4. The summed E-state index contributed by atoms with van der Waals surface area (Å²) in [6.45, 7) is 3.51. The lowest BCUT2D eigenvalue weighted by molar-refractivity contribution is -0.0687. The van der Waals surface area contributed by atoms with Gasteiger partial charge in [-0.2, -0.15) is 8.42 Å². The van der Waals surface area contributed by atoms with Crippen LogP contribution in [0.25, 0.3) is 0 Å². The summed E-state index contributed by atoms with van der Waals surface area (Å²) in [4.78, 5) is 2.54. The van der Waals surface area contributed by atoms with Crippen molar-refractivity contribution in [2.24, 2.45) is 0 Å². The fraction of sp³-hybridized carbons (Fsp3) is 0.226. The van der Waals surface area contributed by atoms with E-state index in [2.05, 4.69) is 77.7 Å². The summed E-state index contributed by atoms with van der Waals surface area (Å²) in [5.41, 5.74) is 3.83. The van der Waals surface area contributed by atoms with E-state index in [4.69, 9.17) is 8.92 Å². The lowest BCUT2D eigenvalue weighted by atomic mass is 9.75. The minimum atomic E-state index is -3.88. The van der Waals surface area contributed by atoms with Gasteiger partial charge < -0.3 is 4.74 Å². The maximum absolute atomic E-state index is 12.8. The Morgan fingerprint density at radius 1 is 0.784 bits per heavy atom. The first kappa shape index (κ1) is 25.4. The van der Waals surface area contributed by atoms with Gasteiger partial charge in [-0.3, -0.25) is 9.08 Å². The third-order valence-corrected chi connectivity index (χ3v) is 8.20. The minimum absolute atomic E-state index is 0.0544. The van der Waals surface area contributed by atoms with E-state index < -0.39 is 21.8 Å². The lowest BCUT2D eigenvalue weighted by Gasteiger charge is -2.48. The van der Waals surface area contributed by atoms with E-state index in [9.17, 15) is 8.42 Å². The van der Waals surface area contributed by atoms with Crippen LogP contribution in [0, 0.1) is 6.92 Å². The quantitative estimate of drug-likeness (QED) is 0.234. The molecular weight excluding hydrogens is 482 g/mol. The first-order chi connectivity index (χ1) is 18.0. The van der Waals surface area contributed by atoms with Crippen molar-refractivity contribution >= 4 is 10.1 Å². The number of morpholine rings is 1. The summed E-state index contributed by atoms with van der Waals surface area (Å²) >= 11 is 0. The molecule has 5 rings (SSSR count). The van der Waals surface area contributed by atoms with Gasteiger partial charge in [0.15, 0.2) is 0 Å². The second kappa shape index (κ2) is 11.0. The lowest BCUT2D eigenvalue weighted by Crippen LogP contribution is -2.56. The van der Waals surface area contributed by atoms with Crippen molar-refractivity contribution in [1.82, 2.24) is 4.90 Å². The summed E-state index contributed by atoms with van der Waals surface area (Å²) in [7, 11) is -3.88. The van der Waals surface area contributed by atoms with Crippen LogP contribution in [-0.4, -0.2) is 45.7 Å². The van der Waals surface area contributed by atoms with Crippen molar-refractivity contribution in [2.75, 3.05) is 26.3 Å². The van der Waals surface area contributed by atoms with E-state index in [-0.39, 0.29) is 11.5 Å². The Kier molecular flexibility index (Phi) is 7.53. The Labute approximate surface area is 219 Å². The van der Waals surface area contributed by atoms with Crippen molar-refractivity contribution in [3.8, 4) is 0 Å². The predicted octanol–water partition coefficient (Wildman–Crippen LogP) is 5.39. The van der Waals surface area contributed by atoms with Gasteiger partial charge in [-0.25, -0.2) is 0 Å². The molecule has 190 valence electrons. The van der Waals surface area contributed by atoms with Gasteiger partial charge in [-0.15, -0.1) is 0 Å². The van der Waals surface area contributed by atoms with E-state index >= 15 is 0 Å². The van der Waals surface area contributed by atoms with E-state index in [1.807, 2.05) is 25.1 Å². The van der Waals surface area contributed by atoms with E-state index in [1.165, 1.54) is 0 Å². The molecule has 1 aliphatic heterocycles. The average Bonchev–Trinajstić information content (AvgIpc) is 2.95. The minimum Gasteiger partial charge on any atom is -0.373 e. The van der Waals surface area contributed by atoms with Crippen LogP contribution in [0.4, 0.5) is 0 Å². The number of hydrogen-bond acceptors (Lipinski definition) is 5. The average molecular weight is 514 g/mol. The van der Waals surface area contributed by atoms with Crippen molar-refractivity contribution in [3.05, 3.63) is 138 Å². The fourth-order valence-corrected chi connectivity index (χ4v) is 6.09. The SMILES string of the molecule is Cc1ccc(S(=O)(=O)OC[C@@H]2CN(C(c3ccccc3)(c3ccccc3)c3ccccc3)CCO2)cc1. The van der Waals surface area contributed by atoms with Gasteiger partial charge in [-0.05, 0) is 35.7 Å². The normalized spacial score (nSPS) is 16.9. The first-order valence-corrected chi connectivity index (χ1v) is 13.9. The van der Waals surface area contributed by atoms with Gasteiger partial charge >= 0.3 is 0 Å². The summed E-state index contributed by atoms with van der Waals surface area (Å²) in [5.74, 6) is 0. The molecule has 0 spiro atoms. The van der Waals surface area contributed by atoms with Gasteiger partial charge in [0, 0.05) is 13.1 Å². The highest BCUT2D eigenvalue weighted by Crippen LogP contribution is 2.43. The van der Waals surface area contributed by atoms with Gasteiger partial charge in [0.1, 0.15) is 0 Å². The van der Waals surface area contributed by atoms with Crippen LogP contribution < -0.4 is 0 Å². The number of rotatable bonds is 8. The molecule has 1 aliphatic rings. The molecule has 0 bridgehead atoms. The topological polar surface area (TPSA) is 55.8 Å². The highest BCUT2D eigenvalue weighted by molar-refractivity contribution is 7.86. The predicted molar refractivity (Wildman–Crippen MR) is 145 cm³/mol. The van der Waals surface area contributed by atoms with Crippen LogP contribution in [0.15, 0.2) is 120 Å². The van der Waals surface area contributed by atoms with Crippen LogP contribution in [0.3, 0.4) is 0 Å². The Hall–Kier alpha value is -3.29.